The van der Waals surface area contributed by atoms with Gasteiger partial charge in [-0.25, -0.2) is 4.98 Å². The number of ether oxygens (including phenoxy) is 2. The van der Waals surface area contributed by atoms with Gasteiger partial charge >= 0.3 is 0 Å². The van der Waals surface area contributed by atoms with E-state index in [4.69, 9.17) is 9.47 Å². The number of benzene rings is 1. The molecule has 112 valence electrons. The zero-order valence-corrected chi connectivity index (χ0v) is 12.0. The average molecular weight is 290 g/mol. The van der Waals surface area contributed by atoms with Crippen molar-refractivity contribution in [2.75, 3.05) is 20.8 Å². The van der Waals surface area contributed by atoms with Crippen molar-refractivity contribution in [3.8, 4) is 11.5 Å². The zero-order valence-electron chi connectivity index (χ0n) is 12.0. The van der Waals surface area contributed by atoms with E-state index in [1.165, 1.54) is 20.5 Å². The van der Waals surface area contributed by atoms with Crippen molar-refractivity contribution in [2.24, 2.45) is 0 Å². The molecule has 2 aromatic rings. The maximum Gasteiger partial charge on any atom is 0.258 e. The highest BCUT2D eigenvalue weighted by atomic mass is 16.5. The quantitative estimate of drug-likeness (QED) is 0.748. The third-order valence-electron chi connectivity index (χ3n) is 3.00. The molecule has 0 aliphatic rings. The number of rotatable bonds is 7. The topological polar surface area (TPSA) is 89.1 Å². The van der Waals surface area contributed by atoms with Crippen molar-refractivity contribution in [3.05, 3.63) is 35.9 Å². The van der Waals surface area contributed by atoms with Crippen LogP contribution >= 0.6 is 0 Å². The summed E-state index contributed by atoms with van der Waals surface area (Å²) in [5, 5.41) is 9.40. The highest BCUT2D eigenvalue weighted by Crippen LogP contribution is 2.27. The number of amides is 1. The fraction of sp³-hybridized carbons (Fsp3) is 0.357. The molecule has 7 nitrogen and oxygen atoms in total. The first-order chi connectivity index (χ1) is 10.3. The van der Waals surface area contributed by atoms with Gasteiger partial charge in [0.05, 0.1) is 14.2 Å². The number of hydrogen-bond acceptors (Lipinski definition) is 5. The molecule has 0 unspecified atom stereocenters. The molecule has 2 rings (SSSR count). The number of H-pyrrole nitrogens is 1. The third kappa shape index (κ3) is 3.71. The van der Waals surface area contributed by atoms with Gasteiger partial charge in [0.2, 0.25) is 0 Å². The summed E-state index contributed by atoms with van der Waals surface area (Å²) in [6, 6.07) is 5.23. The lowest BCUT2D eigenvalue weighted by Crippen LogP contribution is -2.25. The van der Waals surface area contributed by atoms with E-state index in [0.717, 1.165) is 18.7 Å². The minimum atomic E-state index is -0.220. The van der Waals surface area contributed by atoms with Gasteiger partial charge in [-0.1, -0.05) is 6.07 Å². The Labute approximate surface area is 122 Å². The first-order valence-corrected chi connectivity index (χ1v) is 6.59. The van der Waals surface area contributed by atoms with Gasteiger partial charge in [0.15, 0.2) is 0 Å². The number of aromatic amines is 1. The van der Waals surface area contributed by atoms with Gasteiger partial charge in [-0.05, 0) is 18.6 Å². The highest BCUT2D eigenvalue weighted by molar-refractivity contribution is 5.99. The zero-order chi connectivity index (χ0) is 15.1. The molecule has 0 aliphatic carbocycles. The molecule has 0 saturated heterocycles. The normalized spacial score (nSPS) is 10.2. The molecule has 1 aromatic carbocycles. The maximum atomic E-state index is 12.3. The Bertz CT molecular complexity index is 562. The molecule has 1 heterocycles. The molecule has 7 heteroatoms. The molecule has 0 radical (unpaired) electrons. The van der Waals surface area contributed by atoms with E-state index in [0.29, 0.717) is 23.6 Å². The van der Waals surface area contributed by atoms with E-state index in [9.17, 15) is 4.79 Å². The van der Waals surface area contributed by atoms with Gasteiger partial charge in [0, 0.05) is 13.0 Å². The first-order valence-electron chi connectivity index (χ1n) is 6.59. The van der Waals surface area contributed by atoms with Crippen LogP contribution in [-0.2, 0) is 6.42 Å². The Hall–Kier alpha value is -2.57. The summed E-state index contributed by atoms with van der Waals surface area (Å²) >= 11 is 0. The number of carbonyl (C=O) groups is 1. The maximum absolute atomic E-state index is 12.3. The number of carbonyl (C=O) groups excluding carboxylic acids is 1. The third-order valence-corrected chi connectivity index (χ3v) is 3.00. The van der Waals surface area contributed by atoms with Crippen molar-refractivity contribution in [1.82, 2.24) is 20.5 Å². The number of aryl methyl sites for hydroxylation is 1. The SMILES string of the molecule is COc1cccc(OC)c1C(=O)NCCCc1ncn[nH]1. The van der Waals surface area contributed by atoms with Crippen molar-refractivity contribution >= 4 is 5.91 Å². The Morgan fingerprint density at radius 3 is 2.57 bits per heavy atom. The molecule has 0 bridgehead atoms. The van der Waals surface area contributed by atoms with Crippen LogP contribution in [0.4, 0.5) is 0 Å². The summed E-state index contributed by atoms with van der Waals surface area (Å²) in [6.45, 7) is 0.529. The number of aromatic nitrogens is 3. The van der Waals surface area contributed by atoms with Gasteiger partial charge in [0.1, 0.15) is 29.2 Å². The van der Waals surface area contributed by atoms with Crippen molar-refractivity contribution in [1.29, 1.82) is 0 Å². The van der Waals surface area contributed by atoms with E-state index in [-0.39, 0.29) is 5.91 Å². The average Bonchev–Trinajstić information content (AvgIpc) is 3.03. The lowest BCUT2D eigenvalue weighted by atomic mass is 10.1. The molecule has 1 amide bonds. The van der Waals surface area contributed by atoms with Gasteiger partial charge in [0.25, 0.3) is 5.91 Å². The van der Waals surface area contributed by atoms with Gasteiger partial charge in [-0.3, -0.25) is 9.89 Å². The molecule has 2 N–H and O–H groups in total. The Morgan fingerprint density at radius 1 is 1.29 bits per heavy atom. The lowest BCUT2D eigenvalue weighted by molar-refractivity contribution is 0.0947. The van der Waals surface area contributed by atoms with Crippen LogP contribution < -0.4 is 14.8 Å². The summed E-state index contributed by atoms with van der Waals surface area (Å²) in [7, 11) is 3.05. The summed E-state index contributed by atoms with van der Waals surface area (Å²) in [5.74, 6) is 1.56. The van der Waals surface area contributed by atoms with E-state index < -0.39 is 0 Å². The van der Waals surface area contributed by atoms with E-state index >= 15 is 0 Å². The van der Waals surface area contributed by atoms with E-state index in [1.807, 2.05) is 0 Å². The number of hydrogen-bond donors (Lipinski definition) is 2. The van der Waals surface area contributed by atoms with Crippen LogP contribution in [0.2, 0.25) is 0 Å². The molecular formula is C14H18N4O3. The van der Waals surface area contributed by atoms with Gasteiger partial charge in [-0.2, -0.15) is 5.10 Å². The molecule has 0 saturated carbocycles. The first kappa shape index (κ1) is 14.8. The van der Waals surface area contributed by atoms with Crippen LogP contribution in [0.3, 0.4) is 0 Å². The fourth-order valence-corrected chi connectivity index (χ4v) is 1.97. The van der Waals surface area contributed by atoms with Crippen LogP contribution in [0.25, 0.3) is 0 Å². The molecule has 21 heavy (non-hydrogen) atoms. The minimum absolute atomic E-state index is 0.220. The molecule has 1 aromatic heterocycles. The molecule has 0 fully saturated rings. The number of nitrogens with zero attached hydrogens (tertiary/aromatic N) is 2. The summed E-state index contributed by atoms with van der Waals surface area (Å²) in [5.41, 5.74) is 0.405. The largest absolute Gasteiger partial charge is 0.496 e. The van der Waals surface area contributed by atoms with Gasteiger partial charge < -0.3 is 14.8 Å². The summed E-state index contributed by atoms with van der Waals surface area (Å²) in [4.78, 5) is 16.3. The van der Waals surface area contributed by atoms with Crippen molar-refractivity contribution < 1.29 is 14.3 Å². The van der Waals surface area contributed by atoms with Crippen molar-refractivity contribution in [3.63, 3.8) is 0 Å². The molecule has 0 aliphatic heterocycles. The predicted molar refractivity (Wildman–Crippen MR) is 76.6 cm³/mol. The summed E-state index contributed by atoms with van der Waals surface area (Å²) < 4.78 is 10.4. The van der Waals surface area contributed by atoms with Crippen molar-refractivity contribution in [2.45, 2.75) is 12.8 Å². The molecular weight excluding hydrogens is 272 g/mol. The standard InChI is InChI=1S/C14H18N4O3/c1-20-10-5-3-6-11(21-2)13(10)14(19)15-8-4-7-12-16-9-17-18-12/h3,5-6,9H,4,7-8H2,1-2H3,(H,15,19)(H,16,17,18). The smallest absolute Gasteiger partial charge is 0.258 e. The van der Waals surface area contributed by atoms with E-state index in [2.05, 4.69) is 20.5 Å². The Morgan fingerprint density at radius 2 is 2.00 bits per heavy atom. The minimum Gasteiger partial charge on any atom is -0.496 e. The number of methoxy groups -OCH3 is 2. The van der Waals surface area contributed by atoms with E-state index in [1.54, 1.807) is 18.2 Å². The fourth-order valence-electron chi connectivity index (χ4n) is 1.97. The van der Waals surface area contributed by atoms with Crippen LogP contribution in [-0.4, -0.2) is 41.9 Å². The second kappa shape index (κ2) is 7.28. The second-order valence-electron chi connectivity index (χ2n) is 4.33. The molecule has 0 atom stereocenters. The summed E-state index contributed by atoms with van der Waals surface area (Å²) in [6.07, 6.45) is 2.95. The van der Waals surface area contributed by atoms with Crippen LogP contribution in [0.15, 0.2) is 24.5 Å². The monoisotopic (exact) mass is 290 g/mol. The van der Waals surface area contributed by atoms with Gasteiger partial charge in [-0.15, -0.1) is 0 Å². The molecule has 0 spiro atoms. The Balaban J connectivity index is 1.93. The van der Waals surface area contributed by atoms with Crippen LogP contribution in [0.5, 0.6) is 11.5 Å². The predicted octanol–water partition coefficient (Wildman–Crippen LogP) is 1.18. The Kier molecular flexibility index (Phi) is 5.14. The van der Waals surface area contributed by atoms with Crippen LogP contribution in [0, 0.1) is 0 Å². The lowest BCUT2D eigenvalue weighted by Gasteiger charge is -2.12. The highest BCUT2D eigenvalue weighted by Gasteiger charge is 2.17. The second-order valence-corrected chi connectivity index (χ2v) is 4.33. The van der Waals surface area contributed by atoms with Crippen LogP contribution in [0.1, 0.15) is 22.6 Å². The number of nitrogens with one attached hydrogen (secondary N) is 2.